The molecule has 0 fully saturated rings. The maximum atomic E-state index is 13.3. The Bertz CT molecular complexity index is 1140. The summed E-state index contributed by atoms with van der Waals surface area (Å²) in [6.07, 6.45) is 0. The monoisotopic (exact) mass is 424 g/mol. The number of nitrogens with zero attached hydrogens (tertiary/aromatic N) is 1. The lowest BCUT2D eigenvalue weighted by Gasteiger charge is -2.16. The molecule has 0 spiro atoms. The molecule has 0 aliphatic carbocycles. The molecular weight excluding hydrogens is 408 g/mol. The van der Waals surface area contributed by atoms with Gasteiger partial charge in [-0.3, -0.25) is 9.59 Å². The van der Waals surface area contributed by atoms with E-state index in [0.29, 0.717) is 27.7 Å². The number of amides is 2. The van der Waals surface area contributed by atoms with Gasteiger partial charge in [-0.25, -0.2) is 4.90 Å². The van der Waals surface area contributed by atoms with Gasteiger partial charge in [-0.2, -0.15) is 0 Å². The maximum absolute atomic E-state index is 13.3. The largest absolute Gasteiger partial charge is 0.497 e. The Labute approximate surface area is 177 Å². The standard InChI is InChI=1S/C22H17ClN2O3S/c1-13-11-14(23)8-9-17(13)24-20-19(18-7-4-10-29-18)21(26)25(22(20)27)15-5-3-6-16(12-15)28-2/h3-12,24H,1-2H3. The minimum absolute atomic E-state index is 0.241. The zero-order valence-corrected chi connectivity index (χ0v) is 17.3. The molecule has 0 saturated heterocycles. The van der Waals surface area contributed by atoms with Crippen molar-refractivity contribution in [1.29, 1.82) is 0 Å². The van der Waals surface area contributed by atoms with Crippen molar-refractivity contribution in [2.24, 2.45) is 0 Å². The topological polar surface area (TPSA) is 58.6 Å². The molecule has 0 saturated carbocycles. The van der Waals surface area contributed by atoms with Crippen LogP contribution in [0.1, 0.15) is 10.4 Å². The highest BCUT2D eigenvalue weighted by atomic mass is 35.5. The fraction of sp³-hybridized carbons (Fsp3) is 0.0909. The van der Waals surface area contributed by atoms with E-state index in [1.54, 1.807) is 49.6 Å². The second kappa shape index (κ2) is 7.73. The molecule has 7 heteroatoms. The number of hydrogen-bond acceptors (Lipinski definition) is 5. The van der Waals surface area contributed by atoms with E-state index < -0.39 is 5.91 Å². The van der Waals surface area contributed by atoms with Gasteiger partial charge in [0, 0.05) is 21.7 Å². The highest BCUT2D eigenvalue weighted by molar-refractivity contribution is 7.11. The Morgan fingerprint density at radius 2 is 1.86 bits per heavy atom. The number of hydrogen-bond donors (Lipinski definition) is 1. The molecule has 0 unspecified atom stereocenters. The van der Waals surface area contributed by atoms with Crippen LogP contribution in [0.2, 0.25) is 5.02 Å². The zero-order valence-electron chi connectivity index (χ0n) is 15.7. The van der Waals surface area contributed by atoms with Gasteiger partial charge in [-0.1, -0.05) is 23.7 Å². The molecule has 0 radical (unpaired) electrons. The lowest BCUT2D eigenvalue weighted by atomic mass is 10.1. The number of carbonyl (C=O) groups is 2. The number of halogens is 1. The molecule has 1 aromatic heterocycles. The number of aryl methyl sites for hydroxylation is 1. The summed E-state index contributed by atoms with van der Waals surface area (Å²) in [4.78, 5) is 28.5. The van der Waals surface area contributed by atoms with Crippen molar-refractivity contribution >= 4 is 51.7 Å². The summed E-state index contributed by atoms with van der Waals surface area (Å²) in [6, 6.07) is 15.9. The number of anilines is 2. The number of ether oxygens (including phenoxy) is 1. The second-order valence-corrected chi connectivity index (χ2v) is 7.84. The number of nitrogens with one attached hydrogen (secondary N) is 1. The molecule has 4 rings (SSSR count). The van der Waals surface area contributed by atoms with E-state index in [0.717, 1.165) is 10.4 Å². The van der Waals surface area contributed by atoms with E-state index in [9.17, 15) is 9.59 Å². The molecule has 2 aromatic carbocycles. The van der Waals surface area contributed by atoms with Crippen molar-refractivity contribution in [2.45, 2.75) is 6.92 Å². The Morgan fingerprint density at radius 3 is 2.55 bits per heavy atom. The van der Waals surface area contributed by atoms with Gasteiger partial charge in [0.05, 0.1) is 18.4 Å². The quantitative estimate of drug-likeness (QED) is 0.578. The number of imide groups is 1. The first-order chi connectivity index (χ1) is 14.0. The van der Waals surface area contributed by atoms with Gasteiger partial charge in [-0.15, -0.1) is 11.3 Å². The molecule has 1 aliphatic heterocycles. The van der Waals surface area contributed by atoms with Crippen molar-refractivity contribution < 1.29 is 14.3 Å². The molecule has 2 heterocycles. The van der Waals surface area contributed by atoms with Gasteiger partial charge in [0.25, 0.3) is 11.8 Å². The van der Waals surface area contributed by atoms with Crippen LogP contribution < -0.4 is 15.0 Å². The van der Waals surface area contributed by atoms with Gasteiger partial charge in [0.15, 0.2) is 0 Å². The van der Waals surface area contributed by atoms with Gasteiger partial charge in [0.1, 0.15) is 11.4 Å². The second-order valence-electron chi connectivity index (χ2n) is 6.46. The average molecular weight is 425 g/mol. The first kappa shape index (κ1) is 19.2. The van der Waals surface area contributed by atoms with E-state index in [1.165, 1.54) is 16.2 Å². The Morgan fingerprint density at radius 1 is 1.03 bits per heavy atom. The molecule has 1 aliphatic rings. The fourth-order valence-electron chi connectivity index (χ4n) is 3.18. The third-order valence-corrected chi connectivity index (χ3v) is 5.73. The minimum Gasteiger partial charge on any atom is -0.497 e. The first-order valence-electron chi connectivity index (χ1n) is 8.83. The normalized spacial score (nSPS) is 14.0. The summed E-state index contributed by atoms with van der Waals surface area (Å²) in [6.45, 7) is 1.89. The predicted octanol–water partition coefficient (Wildman–Crippen LogP) is 5.12. The fourth-order valence-corrected chi connectivity index (χ4v) is 4.18. The van der Waals surface area contributed by atoms with Crippen LogP contribution in [0.3, 0.4) is 0 Å². The molecule has 146 valence electrons. The molecule has 29 heavy (non-hydrogen) atoms. The van der Waals surface area contributed by atoms with E-state index >= 15 is 0 Å². The summed E-state index contributed by atoms with van der Waals surface area (Å²) >= 11 is 7.46. The Kier molecular flexibility index (Phi) is 5.13. The first-order valence-corrected chi connectivity index (χ1v) is 10.1. The smallest absolute Gasteiger partial charge is 0.282 e. The molecular formula is C22H17ClN2O3S. The van der Waals surface area contributed by atoms with Crippen LogP contribution in [-0.4, -0.2) is 18.9 Å². The highest BCUT2D eigenvalue weighted by Crippen LogP contribution is 2.36. The predicted molar refractivity (Wildman–Crippen MR) is 117 cm³/mol. The number of rotatable bonds is 5. The summed E-state index contributed by atoms with van der Waals surface area (Å²) < 4.78 is 5.24. The van der Waals surface area contributed by atoms with Gasteiger partial charge >= 0.3 is 0 Å². The highest BCUT2D eigenvalue weighted by Gasteiger charge is 2.41. The van der Waals surface area contributed by atoms with Gasteiger partial charge in [0.2, 0.25) is 0 Å². The molecule has 5 nitrogen and oxygen atoms in total. The molecule has 0 atom stereocenters. The van der Waals surface area contributed by atoms with E-state index in [-0.39, 0.29) is 11.6 Å². The number of carbonyl (C=O) groups excluding carboxylic acids is 2. The maximum Gasteiger partial charge on any atom is 0.282 e. The lowest BCUT2D eigenvalue weighted by molar-refractivity contribution is -0.120. The van der Waals surface area contributed by atoms with Crippen molar-refractivity contribution in [2.75, 3.05) is 17.3 Å². The number of thiophene rings is 1. The Balaban J connectivity index is 1.80. The van der Waals surface area contributed by atoms with Crippen LogP contribution in [0.15, 0.2) is 65.7 Å². The number of benzene rings is 2. The molecule has 1 N–H and O–H groups in total. The summed E-state index contributed by atoms with van der Waals surface area (Å²) in [5.41, 5.74) is 2.63. The van der Waals surface area contributed by atoms with Gasteiger partial charge < -0.3 is 10.1 Å². The molecule has 3 aromatic rings. The van der Waals surface area contributed by atoms with Crippen molar-refractivity contribution in [3.05, 3.63) is 81.1 Å². The third-order valence-electron chi connectivity index (χ3n) is 4.61. The van der Waals surface area contributed by atoms with Crippen molar-refractivity contribution in [1.82, 2.24) is 0 Å². The Hall–Kier alpha value is -3.09. The molecule has 0 bridgehead atoms. The summed E-state index contributed by atoms with van der Waals surface area (Å²) in [5, 5.41) is 5.65. The zero-order chi connectivity index (χ0) is 20.5. The summed E-state index contributed by atoms with van der Waals surface area (Å²) in [7, 11) is 1.54. The van der Waals surface area contributed by atoms with Crippen LogP contribution in [0.25, 0.3) is 5.57 Å². The van der Waals surface area contributed by atoms with Crippen LogP contribution in [0, 0.1) is 6.92 Å². The molecule has 2 amide bonds. The summed E-state index contributed by atoms with van der Waals surface area (Å²) in [5.74, 6) is -0.225. The number of methoxy groups -OCH3 is 1. The van der Waals surface area contributed by atoms with E-state index in [4.69, 9.17) is 16.3 Å². The van der Waals surface area contributed by atoms with Crippen LogP contribution in [-0.2, 0) is 9.59 Å². The van der Waals surface area contributed by atoms with Crippen LogP contribution in [0.5, 0.6) is 5.75 Å². The average Bonchev–Trinajstić information content (AvgIpc) is 3.31. The van der Waals surface area contributed by atoms with Crippen LogP contribution >= 0.6 is 22.9 Å². The minimum atomic E-state index is -0.416. The SMILES string of the molecule is COc1cccc(N2C(=O)C(Nc3ccc(Cl)cc3C)=C(c3cccs3)C2=O)c1. The van der Waals surface area contributed by atoms with Crippen molar-refractivity contribution in [3.63, 3.8) is 0 Å². The van der Waals surface area contributed by atoms with Crippen molar-refractivity contribution in [3.8, 4) is 5.75 Å². The lowest BCUT2D eigenvalue weighted by Crippen LogP contribution is -2.32. The van der Waals surface area contributed by atoms with E-state index in [2.05, 4.69) is 5.32 Å². The van der Waals surface area contributed by atoms with Gasteiger partial charge in [-0.05, 0) is 54.3 Å². The van der Waals surface area contributed by atoms with Crippen LogP contribution in [0.4, 0.5) is 11.4 Å². The third kappa shape index (κ3) is 3.52. The van der Waals surface area contributed by atoms with E-state index in [1.807, 2.05) is 24.4 Å².